The summed E-state index contributed by atoms with van der Waals surface area (Å²) in [5.41, 5.74) is 4.87. The fraction of sp³-hybridized carbons (Fsp3) is 0.448. The van der Waals surface area contributed by atoms with Gasteiger partial charge in [-0.3, -0.25) is 0 Å². The van der Waals surface area contributed by atoms with Gasteiger partial charge in [0.05, 0.1) is 0 Å². The molecule has 1 aliphatic heterocycles. The number of carbonyl (C=O) groups is 1. The minimum absolute atomic E-state index is 0.0735. The van der Waals surface area contributed by atoms with Crippen LogP contribution in [-0.4, -0.2) is 35.2 Å². The summed E-state index contributed by atoms with van der Waals surface area (Å²) in [5, 5.41) is 5.58. The number of hydrogen-bond acceptors (Lipinski definition) is 2. The van der Waals surface area contributed by atoms with E-state index in [4.69, 9.17) is 0 Å². The largest absolute Gasteiger partial charge is 0.344 e. The summed E-state index contributed by atoms with van der Waals surface area (Å²) < 4.78 is 0. The molecule has 1 saturated heterocycles. The highest BCUT2D eigenvalue weighted by molar-refractivity contribution is 5.78. The Morgan fingerprint density at radius 3 is 2.48 bits per heavy atom. The van der Waals surface area contributed by atoms with Crippen molar-refractivity contribution < 1.29 is 4.79 Å². The Morgan fingerprint density at radius 1 is 1.12 bits per heavy atom. The van der Waals surface area contributed by atoms with Crippen molar-refractivity contribution in [2.45, 2.75) is 71.8 Å². The van der Waals surface area contributed by atoms with Crippen molar-refractivity contribution in [3.63, 3.8) is 0 Å². The predicted octanol–water partition coefficient (Wildman–Crippen LogP) is 7.16. The lowest BCUT2D eigenvalue weighted by atomic mass is 9.96. The lowest BCUT2D eigenvalue weighted by Gasteiger charge is -2.37. The maximum absolute atomic E-state index is 13.5. The average Bonchev–Trinajstić information content (AvgIpc) is 2.82. The molecule has 0 N–H and O–H groups in total. The molecule has 2 aromatic carbocycles. The van der Waals surface area contributed by atoms with Crippen LogP contribution in [0.25, 0.3) is 5.57 Å². The van der Waals surface area contributed by atoms with Gasteiger partial charge in [-0.15, -0.1) is 0 Å². The van der Waals surface area contributed by atoms with Crippen molar-refractivity contribution in [3.05, 3.63) is 77.5 Å². The number of piperidine rings is 1. The summed E-state index contributed by atoms with van der Waals surface area (Å²) in [4.78, 5) is 15.5. The molecule has 4 heteroatoms. The first-order valence-electron chi connectivity index (χ1n) is 12.4. The number of benzene rings is 2. The smallest absolute Gasteiger partial charge is 0.320 e. The van der Waals surface area contributed by atoms with E-state index >= 15 is 0 Å². The van der Waals surface area contributed by atoms with E-state index in [0.717, 1.165) is 62.6 Å². The van der Waals surface area contributed by atoms with Crippen LogP contribution in [0.4, 0.5) is 4.79 Å². The zero-order valence-corrected chi connectivity index (χ0v) is 20.5. The van der Waals surface area contributed by atoms with E-state index in [9.17, 15) is 4.79 Å². The molecule has 4 nitrogen and oxygen atoms in total. The van der Waals surface area contributed by atoms with Gasteiger partial charge < -0.3 is 4.90 Å². The number of rotatable bonds is 9. The van der Waals surface area contributed by atoms with E-state index in [1.807, 2.05) is 17.2 Å². The lowest BCUT2D eigenvalue weighted by molar-refractivity contribution is 0.128. The molecule has 0 bridgehead atoms. The number of nitrogens with zero attached hydrogens (tertiary/aromatic N) is 3. The Morgan fingerprint density at radius 2 is 1.85 bits per heavy atom. The molecule has 176 valence electrons. The normalized spacial score (nSPS) is 16.7. The molecule has 2 aromatic rings. The highest BCUT2D eigenvalue weighted by Gasteiger charge is 2.29. The lowest BCUT2D eigenvalue weighted by Crippen LogP contribution is -2.48. The molecule has 0 aliphatic carbocycles. The minimum Gasteiger partial charge on any atom is -0.320 e. The molecule has 1 heterocycles. The van der Waals surface area contributed by atoms with Gasteiger partial charge in [-0.2, -0.15) is 10.1 Å². The zero-order chi connectivity index (χ0) is 23.6. The molecule has 1 atom stereocenters. The summed E-state index contributed by atoms with van der Waals surface area (Å²) in [5.74, 6) is 0.632. The first-order chi connectivity index (χ1) is 16.0. The van der Waals surface area contributed by atoms with Gasteiger partial charge in [-0.05, 0) is 66.7 Å². The highest BCUT2D eigenvalue weighted by atomic mass is 16.2. The second kappa shape index (κ2) is 12.4. The predicted molar refractivity (Wildman–Crippen MR) is 139 cm³/mol. The molecule has 2 amide bonds. The van der Waals surface area contributed by atoms with Gasteiger partial charge in [0.2, 0.25) is 0 Å². The molecule has 3 rings (SSSR count). The van der Waals surface area contributed by atoms with Crippen LogP contribution < -0.4 is 0 Å². The van der Waals surface area contributed by atoms with Gasteiger partial charge in [0.25, 0.3) is 0 Å². The monoisotopic (exact) mass is 445 g/mol. The Hall–Kier alpha value is -2.88. The maximum atomic E-state index is 13.5. The zero-order valence-electron chi connectivity index (χ0n) is 20.5. The molecular weight excluding hydrogens is 406 g/mol. The van der Waals surface area contributed by atoms with Crippen molar-refractivity contribution in [1.29, 1.82) is 0 Å². The third-order valence-corrected chi connectivity index (χ3v) is 6.30. The molecule has 0 radical (unpaired) electrons. The van der Waals surface area contributed by atoms with E-state index in [0.29, 0.717) is 5.92 Å². The highest BCUT2D eigenvalue weighted by Crippen LogP contribution is 2.26. The second-order valence-electron chi connectivity index (χ2n) is 9.50. The van der Waals surface area contributed by atoms with Gasteiger partial charge in [-0.25, -0.2) is 4.79 Å². The van der Waals surface area contributed by atoms with Gasteiger partial charge in [0, 0.05) is 25.5 Å². The number of likely N-dealkylation sites (tertiary alicyclic amines) is 1. The SMILES string of the molecule is C=NN(/C=C(\CCC)c1ccc(CC(C)C)cc1)C(=O)N1CCCCC1Cc1ccccc1. The summed E-state index contributed by atoms with van der Waals surface area (Å²) in [7, 11) is 0. The number of hydrogen-bond donors (Lipinski definition) is 0. The van der Waals surface area contributed by atoms with Crippen LogP contribution in [0.1, 0.15) is 69.6 Å². The van der Waals surface area contributed by atoms with Crippen molar-refractivity contribution in [1.82, 2.24) is 9.91 Å². The first kappa shape index (κ1) is 24.8. The average molecular weight is 446 g/mol. The number of urea groups is 1. The van der Waals surface area contributed by atoms with Gasteiger partial charge in [0.15, 0.2) is 0 Å². The first-order valence-corrected chi connectivity index (χ1v) is 12.4. The topological polar surface area (TPSA) is 35.9 Å². The molecule has 0 spiro atoms. The van der Waals surface area contributed by atoms with Gasteiger partial charge >= 0.3 is 6.03 Å². The second-order valence-corrected chi connectivity index (χ2v) is 9.50. The van der Waals surface area contributed by atoms with Crippen LogP contribution in [0.5, 0.6) is 0 Å². The fourth-order valence-electron chi connectivity index (χ4n) is 4.67. The summed E-state index contributed by atoms with van der Waals surface area (Å²) in [6, 6.07) is 19.3. The van der Waals surface area contributed by atoms with Crippen LogP contribution in [0.15, 0.2) is 65.9 Å². The molecule has 33 heavy (non-hydrogen) atoms. The number of hydrazone groups is 1. The molecular formula is C29H39N3O. The van der Waals surface area contributed by atoms with E-state index in [-0.39, 0.29) is 12.1 Å². The van der Waals surface area contributed by atoms with Gasteiger partial charge in [-0.1, -0.05) is 81.8 Å². The van der Waals surface area contributed by atoms with Crippen LogP contribution >= 0.6 is 0 Å². The Bertz CT molecular complexity index is 918. The standard InChI is InChI=1S/C29H39N3O/c1-5-11-27(26-17-15-25(16-18-26)20-23(2)3)22-32(30-4)29(33)31-19-10-9-14-28(31)21-24-12-7-6-8-13-24/h6-8,12-13,15-18,22-23,28H,4-5,9-11,14,19-21H2,1-3H3/b27-22+. The molecule has 1 aliphatic rings. The quantitative estimate of drug-likeness (QED) is 0.298. The Balaban J connectivity index is 1.80. The van der Waals surface area contributed by atoms with E-state index in [2.05, 4.69) is 81.1 Å². The van der Waals surface area contributed by atoms with E-state index < -0.39 is 0 Å². The van der Waals surface area contributed by atoms with Gasteiger partial charge in [0.1, 0.15) is 0 Å². The van der Waals surface area contributed by atoms with Crippen LogP contribution in [-0.2, 0) is 12.8 Å². The van der Waals surface area contributed by atoms with E-state index in [1.165, 1.54) is 16.1 Å². The summed E-state index contributed by atoms with van der Waals surface area (Å²) >= 11 is 0. The van der Waals surface area contributed by atoms with Crippen LogP contribution in [0.2, 0.25) is 0 Å². The molecule has 0 saturated carbocycles. The van der Waals surface area contributed by atoms with Crippen molar-refractivity contribution >= 4 is 18.3 Å². The minimum atomic E-state index is -0.0735. The third kappa shape index (κ3) is 7.05. The van der Waals surface area contributed by atoms with Crippen LogP contribution in [0.3, 0.4) is 0 Å². The summed E-state index contributed by atoms with van der Waals surface area (Å²) in [6.07, 6.45) is 8.94. The third-order valence-electron chi connectivity index (χ3n) is 6.30. The molecule has 1 unspecified atom stereocenters. The number of carbonyl (C=O) groups excluding carboxylic acids is 1. The Labute approximate surface area is 200 Å². The molecule has 1 fully saturated rings. The Kier molecular flexibility index (Phi) is 9.29. The van der Waals surface area contributed by atoms with Crippen molar-refractivity contribution in [3.8, 4) is 0 Å². The summed E-state index contributed by atoms with van der Waals surface area (Å²) in [6.45, 7) is 11.1. The maximum Gasteiger partial charge on any atom is 0.344 e. The van der Waals surface area contributed by atoms with Crippen molar-refractivity contribution in [2.24, 2.45) is 11.0 Å². The van der Waals surface area contributed by atoms with Crippen LogP contribution in [0, 0.1) is 5.92 Å². The van der Waals surface area contributed by atoms with Crippen molar-refractivity contribution in [2.75, 3.05) is 6.54 Å². The molecule has 0 aromatic heterocycles. The fourth-order valence-corrected chi connectivity index (χ4v) is 4.67. The number of allylic oxidation sites excluding steroid dienone is 1. The van der Waals surface area contributed by atoms with E-state index in [1.54, 1.807) is 0 Å². The number of amides is 2.